The van der Waals surface area contributed by atoms with Gasteiger partial charge in [0.25, 0.3) is 0 Å². The number of furan rings is 1. The first-order chi connectivity index (χ1) is 12.3. The summed E-state index contributed by atoms with van der Waals surface area (Å²) >= 11 is 0. The third-order valence-corrected chi connectivity index (χ3v) is 5.37. The van der Waals surface area contributed by atoms with Crippen LogP contribution < -0.4 is 10.6 Å². The van der Waals surface area contributed by atoms with E-state index < -0.39 is 0 Å². The topological polar surface area (TPSA) is 58.8 Å². The van der Waals surface area contributed by atoms with Crippen molar-refractivity contribution >= 4 is 5.96 Å². The lowest BCUT2D eigenvalue weighted by Crippen LogP contribution is -2.51. The highest BCUT2D eigenvalue weighted by molar-refractivity contribution is 5.80. The van der Waals surface area contributed by atoms with E-state index in [4.69, 9.17) is 14.1 Å². The number of nitrogens with zero attached hydrogens (tertiary/aromatic N) is 1. The molecule has 25 heavy (non-hydrogen) atoms. The van der Waals surface area contributed by atoms with Crippen LogP contribution >= 0.6 is 0 Å². The Morgan fingerprint density at radius 2 is 2.24 bits per heavy atom. The maximum absolute atomic E-state index is 6.15. The summed E-state index contributed by atoms with van der Waals surface area (Å²) in [6.45, 7) is 4.78. The molecule has 0 aromatic carbocycles. The minimum Gasteiger partial charge on any atom is -0.469 e. The van der Waals surface area contributed by atoms with Gasteiger partial charge in [0, 0.05) is 32.2 Å². The van der Waals surface area contributed by atoms with Crippen LogP contribution in [0, 0.1) is 0 Å². The molecule has 1 aromatic heterocycles. The summed E-state index contributed by atoms with van der Waals surface area (Å²) in [6, 6.07) is 4.42. The van der Waals surface area contributed by atoms with E-state index in [1.807, 2.05) is 12.1 Å². The van der Waals surface area contributed by atoms with E-state index in [2.05, 4.69) is 17.6 Å². The molecule has 5 nitrogen and oxygen atoms in total. The largest absolute Gasteiger partial charge is 0.469 e. The highest BCUT2D eigenvalue weighted by Crippen LogP contribution is 2.39. The van der Waals surface area contributed by atoms with Crippen LogP contribution in [0.3, 0.4) is 0 Å². The van der Waals surface area contributed by atoms with Crippen molar-refractivity contribution in [2.75, 3.05) is 19.7 Å². The van der Waals surface area contributed by atoms with Crippen LogP contribution in [0.5, 0.6) is 0 Å². The molecule has 2 N–H and O–H groups in total. The third-order valence-electron chi connectivity index (χ3n) is 5.37. The van der Waals surface area contributed by atoms with Gasteiger partial charge in [0.2, 0.25) is 0 Å². The van der Waals surface area contributed by atoms with Gasteiger partial charge in [0.15, 0.2) is 5.96 Å². The first-order valence-electron chi connectivity index (χ1n) is 10.0. The van der Waals surface area contributed by atoms with Crippen LogP contribution in [0.2, 0.25) is 0 Å². The Morgan fingerprint density at radius 3 is 3.00 bits per heavy atom. The second-order valence-corrected chi connectivity index (χ2v) is 7.41. The van der Waals surface area contributed by atoms with E-state index in [1.54, 1.807) is 6.26 Å². The standard InChI is InChI=1S/C20H33N3O2/c1-2-3-12-21-19(22-13-8-18-7-6-14-24-18)23-17-9-15-25-20(16-17)10-4-5-11-20/h6-7,14,17H,2-5,8-13,15-16H2,1H3,(H2,21,22,23). The Kier molecular flexibility index (Phi) is 6.79. The summed E-state index contributed by atoms with van der Waals surface area (Å²) in [7, 11) is 0. The minimum atomic E-state index is 0.138. The average Bonchev–Trinajstić information content (AvgIpc) is 3.28. The van der Waals surface area contributed by atoms with Crippen molar-refractivity contribution in [1.82, 2.24) is 10.6 Å². The molecule has 2 fully saturated rings. The SMILES string of the molecule is CCCCN=C(NCCc1ccco1)NC1CCOC2(CCCC2)C1. The molecule has 3 rings (SSSR count). The first-order valence-corrected chi connectivity index (χ1v) is 10.0. The van der Waals surface area contributed by atoms with Gasteiger partial charge >= 0.3 is 0 Å². The summed E-state index contributed by atoms with van der Waals surface area (Å²) in [5.74, 6) is 1.96. The fourth-order valence-electron chi connectivity index (χ4n) is 3.97. The van der Waals surface area contributed by atoms with Crippen molar-refractivity contribution in [1.29, 1.82) is 0 Å². The van der Waals surface area contributed by atoms with Gasteiger partial charge in [-0.25, -0.2) is 0 Å². The normalized spacial score (nSPS) is 23.1. The van der Waals surface area contributed by atoms with Gasteiger partial charge in [0.05, 0.1) is 11.9 Å². The Hall–Kier alpha value is -1.49. The van der Waals surface area contributed by atoms with Crippen LogP contribution in [0.25, 0.3) is 0 Å². The molecule has 0 radical (unpaired) electrons. The second kappa shape index (κ2) is 9.27. The molecule has 2 heterocycles. The van der Waals surface area contributed by atoms with Crippen LogP contribution in [0.4, 0.5) is 0 Å². The van der Waals surface area contributed by atoms with Gasteiger partial charge in [0.1, 0.15) is 5.76 Å². The van der Waals surface area contributed by atoms with Crippen molar-refractivity contribution in [3.8, 4) is 0 Å². The lowest BCUT2D eigenvalue weighted by Gasteiger charge is -2.39. The maximum Gasteiger partial charge on any atom is 0.191 e. The molecule has 2 aliphatic rings. The Balaban J connectivity index is 1.52. The van der Waals surface area contributed by atoms with E-state index in [-0.39, 0.29) is 5.60 Å². The molecular formula is C20H33N3O2. The maximum atomic E-state index is 6.15. The lowest BCUT2D eigenvalue weighted by atomic mass is 9.89. The van der Waals surface area contributed by atoms with Crippen LogP contribution in [-0.4, -0.2) is 37.3 Å². The summed E-state index contributed by atoms with van der Waals surface area (Å²) in [5.41, 5.74) is 0.138. The van der Waals surface area contributed by atoms with Gasteiger partial charge in [-0.2, -0.15) is 0 Å². The predicted octanol–water partition coefficient (Wildman–Crippen LogP) is 3.65. The van der Waals surface area contributed by atoms with E-state index in [0.29, 0.717) is 6.04 Å². The van der Waals surface area contributed by atoms with Crippen molar-refractivity contribution in [2.24, 2.45) is 4.99 Å². The minimum absolute atomic E-state index is 0.138. The van der Waals surface area contributed by atoms with E-state index in [1.165, 1.54) is 32.1 Å². The molecule has 1 unspecified atom stereocenters. The van der Waals surface area contributed by atoms with Crippen molar-refractivity contribution in [3.63, 3.8) is 0 Å². The molecule has 0 bridgehead atoms. The number of aliphatic imine (C=N–C) groups is 1. The van der Waals surface area contributed by atoms with E-state index in [9.17, 15) is 0 Å². The second-order valence-electron chi connectivity index (χ2n) is 7.41. The van der Waals surface area contributed by atoms with Crippen molar-refractivity contribution in [2.45, 2.75) is 76.4 Å². The van der Waals surface area contributed by atoms with Gasteiger partial charge in [-0.05, 0) is 44.2 Å². The number of unbranched alkanes of at least 4 members (excludes halogenated alkanes) is 1. The van der Waals surface area contributed by atoms with Crippen LogP contribution in [0.15, 0.2) is 27.8 Å². The van der Waals surface area contributed by atoms with Gasteiger partial charge in [-0.1, -0.05) is 26.2 Å². The number of ether oxygens (including phenoxy) is 1. The van der Waals surface area contributed by atoms with Gasteiger partial charge < -0.3 is 19.8 Å². The predicted molar refractivity (Wildman–Crippen MR) is 101 cm³/mol. The monoisotopic (exact) mass is 347 g/mol. The molecule has 1 atom stereocenters. The summed E-state index contributed by atoms with van der Waals surface area (Å²) in [6.07, 6.45) is 12.1. The Labute approximate surface area is 151 Å². The van der Waals surface area contributed by atoms with Crippen molar-refractivity contribution < 1.29 is 9.15 Å². The molecule has 1 aliphatic carbocycles. The molecule has 140 valence electrons. The molecule has 1 saturated heterocycles. The molecule has 1 aromatic rings. The van der Waals surface area contributed by atoms with E-state index in [0.717, 1.165) is 57.1 Å². The van der Waals surface area contributed by atoms with Gasteiger partial charge in [-0.15, -0.1) is 0 Å². The first kappa shape index (κ1) is 18.3. The number of hydrogen-bond acceptors (Lipinski definition) is 3. The van der Waals surface area contributed by atoms with E-state index >= 15 is 0 Å². The highest BCUT2D eigenvalue weighted by Gasteiger charge is 2.40. The Morgan fingerprint density at radius 1 is 1.36 bits per heavy atom. The third kappa shape index (κ3) is 5.50. The lowest BCUT2D eigenvalue weighted by molar-refractivity contribution is -0.0815. The number of guanidine groups is 1. The molecule has 1 saturated carbocycles. The Bertz CT molecular complexity index is 521. The summed E-state index contributed by atoms with van der Waals surface area (Å²) in [5, 5.41) is 7.16. The molecule has 5 heteroatoms. The number of nitrogens with one attached hydrogen (secondary N) is 2. The van der Waals surface area contributed by atoms with Crippen LogP contribution in [0.1, 0.15) is 64.1 Å². The molecule has 1 spiro atoms. The highest BCUT2D eigenvalue weighted by atomic mass is 16.5. The smallest absolute Gasteiger partial charge is 0.191 e. The fraction of sp³-hybridized carbons (Fsp3) is 0.750. The molecule has 0 amide bonds. The van der Waals surface area contributed by atoms with Crippen LogP contribution in [-0.2, 0) is 11.2 Å². The summed E-state index contributed by atoms with van der Waals surface area (Å²) in [4.78, 5) is 4.76. The molecule has 1 aliphatic heterocycles. The number of rotatable bonds is 7. The fourth-order valence-corrected chi connectivity index (χ4v) is 3.97. The quantitative estimate of drug-likeness (QED) is 0.449. The zero-order chi connectivity index (χ0) is 17.4. The van der Waals surface area contributed by atoms with Gasteiger partial charge in [-0.3, -0.25) is 4.99 Å². The zero-order valence-electron chi connectivity index (χ0n) is 15.6. The van der Waals surface area contributed by atoms with Crippen molar-refractivity contribution in [3.05, 3.63) is 24.2 Å². The summed E-state index contributed by atoms with van der Waals surface area (Å²) < 4.78 is 11.6. The molecular weight excluding hydrogens is 314 g/mol. The zero-order valence-corrected chi connectivity index (χ0v) is 15.6. The number of hydrogen-bond donors (Lipinski definition) is 2. The average molecular weight is 348 g/mol.